The van der Waals surface area contributed by atoms with Crippen molar-refractivity contribution in [3.8, 4) is 0 Å². The Bertz CT molecular complexity index is 693. The maximum Gasteiger partial charge on any atom is 0.308 e. The van der Waals surface area contributed by atoms with Gasteiger partial charge in [0, 0.05) is 17.8 Å². The van der Waals surface area contributed by atoms with Crippen LogP contribution in [-0.4, -0.2) is 24.1 Å². The third-order valence-electron chi connectivity index (χ3n) is 10.5. The van der Waals surface area contributed by atoms with E-state index in [-0.39, 0.29) is 40.9 Å². The van der Waals surface area contributed by atoms with Gasteiger partial charge in [0.1, 0.15) is 12.2 Å². The monoisotopic (exact) mass is 420 g/mol. The number of rotatable bonds is 3. The topological polar surface area (TPSA) is 52.6 Å². The lowest BCUT2D eigenvalue weighted by Gasteiger charge is -2.38. The Morgan fingerprint density at radius 2 is 1.17 bits per heavy atom. The van der Waals surface area contributed by atoms with Gasteiger partial charge in [-0.1, -0.05) is 55.4 Å². The number of ether oxygens (including phenoxy) is 2. The molecule has 0 heterocycles. The molecule has 4 aliphatic rings. The van der Waals surface area contributed by atoms with Crippen molar-refractivity contribution in [1.29, 1.82) is 0 Å². The molecular weight excluding hydrogens is 376 g/mol. The zero-order chi connectivity index (χ0) is 22.7. The Morgan fingerprint density at radius 1 is 0.767 bits per heavy atom. The summed E-state index contributed by atoms with van der Waals surface area (Å²) in [6, 6.07) is 0. The first-order chi connectivity index (χ1) is 13.7. The highest BCUT2D eigenvalue weighted by atomic mass is 16.5. The lowest BCUT2D eigenvalue weighted by molar-refractivity contribution is -0.160. The lowest BCUT2D eigenvalue weighted by Crippen LogP contribution is -2.39. The minimum atomic E-state index is -0.125. The largest absolute Gasteiger partial charge is 0.462 e. The van der Waals surface area contributed by atoms with Crippen molar-refractivity contribution in [3.63, 3.8) is 0 Å². The second-order valence-electron chi connectivity index (χ2n) is 12.4. The van der Waals surface area contributed by atoms with Crippen molar-refractivity contribution < 1.29 is 19.1 Å². The molecule has 0 amide bonds. The van der Waals surface area contributed by atoms with E-state index in [1.807, 2.05) is 13.8 Å². The van der Waals surface area contributed by atoms with Crippen molar-refractivity contribution in [2.24, 2.45) is 39.4 Å². The van der Waals surface area contributed by atoms with Gasteiger partial charge in [0.2, 0.25) is 0 Å². The molecule has 4 fully saturated rings. The van der Waals surface area contributed by atoms with Crippen LogP contribution in [0.5, 0.6) is 0 Å². The smallest absolute Gasteiger partial charge is 0.308 e. The minimum absolute atomic E-state index is 0.00848. The lowest BCUT2D eigenvalue weighted by atomic mass is 9.70. The predicted octanol–water partition coefficient (Wildman–Crippen LogP) is 6.16. The first kappa shape index (κ1) is 23.6. The molecule has 4 saturated carbocycles. The molecule has 0 spiro atoms. The molecule has 4 heteroatoms. The summed E-state index contributed by atoms with van der Waals surface area (Å²) in [4.78, 5) is 22.7. The van der Waals surface area contributed by atoms with Crippen LogP contribution in [0.3, 0.4) is 0 Å². The Labute approximate surface area is 183 Å². The molecule has 0 aromatic rings. The molecular formula is C26H44O4. The molecule has 6 atom stereocenters. The van der Waals surface area contributed by atoms with Gasteiger partial charge >= 0.3 is 11.9 Å². The van der Waals surface area contributed by atoms with Crippen molar-refractivity contribution in [2.75, 3.05) is 0 Å². The normalized spacial score (nSPS) is 42.1. The van der Waals surface area contributed by atoms with E-state index < -0.39 is 0 Å². The third-order valence-corrected chi connectivity index (χ3v) is 10.5. The fourth-order valence-electron chi connectivity index (χ4n) is 7.09. The standard InChI is InChI=1S/C14H24O2.C12H20O2/c1-9(2)12(15)16-11-8-10-6-7-14(11,5)13(10,3)4;1-8(13)14-10-7-9-5-6-12(10,4)11(9,2)3/h9-11H,6-8H2,1-5H3;9-10H,5-7H2,1-4H3/t10-,11-,14+;9-,10+,12-/m10/s1. The first-order valence-electron chi connectivity index (χ1n) is 12.0. The summed E-state index contributed by atoms with van der Waals surface area (Å²) in [6.45, 7) is 19.3. The predicted molar refractivity (Wildman–Crippen MR) is 119 cm³/mol. The van der Waals surface area contributed by atoms with Crippen LogP contribution in [0.4, 0.5) is 0 Å². The van der Waals surface area contributed by atoms with E-state index in [4.69, 9.17) is 9.47 Å². The summed E-state index contributed by atoms with van der Waals surface area (Å²) in [6.07, 6.45) is 7.49. The van der Waals surface area contributed by atoms with E-state index in [1.165, 1.54) is 32.6 Å². The second kappa shape index (κ2) is 7.52. The van der Waals surface area contributed by atoms with Crippen LogP contribution < -0.4 is 0 Å². The van der Waals surface area contributed by atoms with E-state index in [0.29, 0.717) is 10.8 Å². The summed E-state index contributed by atoms with van der Waals surface area (Å²) in [5.74, 6) is 1.32. The fourth-order valence-corrected chi connectivity index (χ4v) is 7.09. The summed E-state index contributed by atoms with van der Waals surface area (Å²) in [5, 5.41) is 0. The molecule has 30 heavy (non-hydrogen) atoms. The van der Waals surface area contributed by atoms with Gasteiger partial charge in [-0.05, 0) is 61.2 Å². The number of carbonyl (C=O) groups is 2. The van der Waals surface area contributed by atoms with Crippen molar-refractivity contribution in [3.05, 3.63) is 0 Å². The van der Waals surface area contributed by atoms with Gasteiger partial charge in [-0.3, -0.25) is 9.59 Å². The maximum atomic E-state index is 11.7. The molecule has 4 aliphatic carbocycles. The number of hydrogen-bond acceptors (Lipinski definition) is 4. The average Bonchev–Trinajstić information content (AvgIpc) is 3.13. The molecule has 0 radical (unpaired) electrons. The highest BCUT2D eigenvalue weighted by Crippen LogP contribution is 2.67. The van der Waals surface area contributed by atoms with Crippen molar-refractivity contribution in [2.45, 2.75) is 113 Å². The van der Waals surface area contributed by atoms with Crippen LogP contribution in [0, 0.1) is 39.4 Å². The van der Waals surface area contributed by atoms with Gasteiger partial charge in [-0.25, -0.2) is 0 Å². The van der Waals surface area contributed by atoms with E-state index in [2.05, 4.69) is 41.5 Å². The Morgan fingerprint density at radius 3 is 1.43 bits per heavy atom. The summed E-state index contributed by atoms with van der Waals surface area (Å²) in [7, 11) is 0. The van der Waals surface area contributed by atoms with Gasteiger partial charge in [0.15, 0.2) is 0 Å². The molecule has 0 unspecified atom stereocenters. The van der Waals surface area contributed by atoms with E-state index in [0.717, 1.165) is 24.7 Å². The second-order valence-corrected chi connectivity index (χ2v) is 12.4. The molecule has 4 bridgehead atoms. The molecule has 172 valence electrons. The summed E-state index contributed by atoms with van der Waals surface area (Å²) < 4.78 is 11.2. The number of carbonyl (C=O) groups excluding carboxylic acids is 2. The zero-order valence-electron chi connectivity index (χ0n) is 20.8. The van der Waals surface area contributed by atoms with Crippen LogP contribution >= 0.6 is 0 Å². The van der Waals surface area contributed by atoms with Gasteiger partial charge in [-0.2, -0.15) is 0 Å². The maximum absolute atomic E-state index is 11.7. The Kier molecular flexibility index (Phi) is 5.91. The van der Waals surface area contributed by atoms with Crippen LogP contribution in [0.15, 0.2) is 0 Å². The van der Waals surface area contributed by atoms with E-state index >= 15 is 0 Å². The summed E-state index contributed by atoms with van der Waals surface area (Å²) in [5.41, 5.74) is 1.08. The Balaban J connectivity index is 0.000000172. The van der Waals surface area contributed by atoms with E-state index in [1.54, 1.807) is 0 Å². The van der Waals surface area contributed by atoms with E-state index in [9.17, 15) is 9.59 Å². The van der Waals surface area contributed by atoms with Gasteiger partial charge in [-0.15, -0.1) is 0 Å². The molecule has 0 saturated heterocycles. The minimum Gasteiger partial charge on any atom is -0.462 e. The number of esters is 2. The molecule has 4 rings (SSSR count). The van der Waals surface area contributed by atoms with Gasteiger partial charge < -0.3 is 9.47 Å². The fraction of sp³-hybridized carbons (Fsp3) is 0.923. The Hall–Kier alpha value is -1.06. The van der Waals surface area contributed by atoms with Gasteiger partial charge in [0.25, 0.3) is 0 Å². The van der Waals surface area contributed by atoms with Crippen LogP contribution in [0.1, 0.15) is 101 Å². The van der Waals surface area contributed by atoms with Crippen molar-refractivity contribution in [1.82, 2.24) is 0 Å². The average molecular weight is 421 g/mol. The number of hydrogen-bond donors (Lipinski definition) is 0. The zero-order valence-corrected chi connectivity index (χ0v) is 20.8. The first-order valence-corrected chi connectivity index (χ1v) is 12.0. The molecule has 0 aromatic carbocycles. The third kappa shape index (κ3) is 3.41. The van der Waals surface area contributed by atoms with Gasteiger partial charge in [0.05, 0.1) is 5.92 Å². The molecule has 0 N–H and O–H groups in total. The van der Waals surface area contributed by atoms with Crippen LogP contribution in [0.2, 0.25) is 0 Å². The highest BCUT2D eigenvalue weighted by Gasteiger charge is 2.63. The quantitative estimate of drug-likeness (QED) is 0.513. The highest BCUT2D eigenvalue weighted by molar-refractivity contribution is 5.71. The molecule has 4 nitrogen and oxygen atoms in total. The summed E-state index contributed by atoms with van der Waals surface area (Å²) >= 11 is 0. The molecule has 0 aromatic heterocycles. The molecule has 0 aliphatic heterocycles. The number of fused-ring (bicyclic) bond motifs is 4. The van der Waals surface area contributed by atoms with Crippen LogP contribution in [-0.2, 0) is 19.1 Å². The van der Waals surface area contributed by atoms with Crippen LogP contribution in [0.25, 0.3) is 0 Å². The van der Waals surface area contributed by atoms with Crippen molar-refractivity contribution >= 4 is 11.9 Å². The SMILES string of the molecule is CC(=O)O[C@@H]1C[C@@H]2CC[C@]1(C)C2(C)C.CC(C)C(=O)O[C@@H]1C[C@H]2CC[C@]1(C)C2(C)C.